The van der Waals surface area contributed by atoms with Crippen LogP contribution < -0.4 is 8.37 Å². The molecule has 2 amide bonds. The second kappa shape index (κ2) is 13.9. The number of H-pyrrole nitrogens is 2. The number of ether oxygens (including phenoxy) is 2. The van der Waals surface area contributed by atoms with Crippen molar-refractivity contribution in [3.8, 4) is 34.0 Å². The molecule has 0 saturated carbocycles. The van der Waals surface area contributed by atoms with Gasteiger partial charge in [0.25, 0.3) is 0 Å². The predicted molar refractivity (Wildman–Crippen MR) is 188 cm³/mol. The molecule has 6 rings (SSSR count). The van der Waals surface area contributed by atoms with Crippen LogP contribution in [0.25, 0.3) is 22.5 Å². The fourth-order valence-electron chi connectivity index (χ4n) is 6.14. The van der Waals surface area contributed by atoms with Gasteiger partial charge in [0, 0.05) is 18.7 Å². The van der Waals surface area contributed by atoms with Gasteiger partial charge in [-0.25, -0.2) is 19.6 Å². The Bertz CT molecular complexity index is 1980. The van der Waals surface area contributed by atoms with E-state index in [-0.39, 0.29) is 35.8 Å². The van der Waals surface area contributed by atoms with Crippen LogP contribution in [0.15, 0.2) is 60.9 Å². The van der Waals surface area contributed by atoms with Crippen molar-refractivity contribution in [1.82, 2.24) is 29.7 Å². The van der Waals surface area contributed by atoms with Gasteiger partial charge in [0.1, 0.15) is 34.3 Å². The van der Waals surface area contributed by atoms with E-state index in [2.05, 4.69) is 19.9 Å². The van der Waals surface area contributed by atoms with Crippen molar-refractivity contribution >= 4 is 22.6 Å². The number of rotatable bonds is 8. The minimum absolute atomic E-state index is 0.0499. The van der Waals surface area contributed by atoms with E-state index < -0.39 is 21.6 Å². The molecule has 2 aliphatic heterocycles. The van der Waals surface area contributed by atoms with E-state index in [1.54, 1.807) is 52.5 Å². The molecule has 14 nitrogen and oxygen atoms in total. The quantitative estimate of drug-likeness (QED) is 0.188. The number of nitrogens with one attached hydrogen (secondary N) is 2. The molecule has 2 fully saturated rings. The van der Waals surface area contributed by atoms with Crippen molar-refractivity contribution in [3.63, 3.8) is 0 Å². The van der Waals surface area contributed by atoms with Gasteiger partial charge in [-0.1, -0.05) is 12.1 Å². The van der Waals surface area contributed by atoms with Gasteiger partial charge in [0.15, 0.2) is 0 Å². The van der Waals surface area contributed by atoms with E-state index in [9.17, 15) is 18.0 Å². The molecule has 4 heterocycles. The highest BCUT2D eigenvalue weighted by molar-refractivity contribution is 7.82. The number of imidazole rings is 2. The van der Waals surface area contributed by atoms with Crippen molar-refractivity contribution in [2.75, 3.05) is 13.1 Å². The summed E-state index contributed by atoms with van der Waals surface area (Å²) in [6.45, 7) is 12.2. The summed E-state index contributed by atoms with van der Waals surface area (Å²) in [4.78, 5) is 44.5. The Morgan fingerprint density at radius 1 is 0.706 bits per heavy atom. The third-order valence-corrected chi connectivity index (χ3v) is 9.08. The molecule has 51 heavy (non-hydrogen) atoms. The molecule has 0 radical (unpaired) electrons. The van der Waals surface area contributed by atoms with Crippen molar-refractivity contribution < 1.29 is 35.8 Å². The van der Waals surface area contributed by atoms with Crippen LogP contribution in [0, 0.1) is 0 Å². The third kappa shape index (κ3) is 8.82. The van der Waals surface area contributed by atoms with Gasteiger partial charge < -0.3 is 27.8 Å². The summed E-state index contributed by atoms with van der Waals surface area (Å²) in [6, 6.07) is 12.5. The van der Waals surface area contributed by atoms with Crippen LogP contribution in [0.1, 0.15) is 91.0 Å². The number of carbonyl (C=O) groups is 2. The van der Waals surface area contributed by atoms with E-state index in [0.717, 1.165) is 31.2 Å². The van der Waals surface area contributed by atoms with E-state index in [4.69, 9.17) is 17.8 Å². The number of aromatic amines is 2. The normalized spacial score (nSPS) is 18.2. The minimum Gasteiger partial charge on any atom is -0.444 e. The summed E-state index contributed by atoms with van der Waals surface area (Å²) in [6.07, 6.45) is 5.72. The largest absolute Gasteiger partial charge is 0.500 e. The van der Waals surface area contributed by atoms with Crippen molar-refractivity contribution in [2.24, 2.45) is 0 Å². The first-order valence-electron chi connectivity index (χ1n) is 17.0. The molecule has 0 aliphatic carbocycles. The number of benzene rings is 2. The van der Waals surface area contributed by atoms with E-state index >= 15 is 0 Å². The van der Waals surface area contributed by atoms with Crippen molar-refractivity contribution in [1.29, 1.82) is 0 Å². The summed E-state index contributed by atoms with van der Waals surface area (Å²) in [5, 5.41) is 0. The lowest BCUT2D eigenvalue weighted by Gasteiger charge is -2.27. The van der Waals surface area contributed by atoms with Gasteiger partial charge in [-0.3, -0.25) is 9.80 Å². The zero-order valence-corrected chi connectivity index (χ0v) is 30.5. The Morgan fingerprint density at radius 3 is 1.71 bits per heavy atom. The van der Waals surface area contributed by atoms with Crippen LogP contribution in [-0.4, -0.2) is 74.6 Å². The highest BCUT2D eigenvalue weighted by Gasteiger charge is 2.36. The maximum Gasteiger partial charge on any atom is 0.500 e. The van der Waals surface area contributed by atoms with Crippen LogP contribution in [0.5, 0.6) is 11.5 Å². The summed E-state index contributed by atoms with van der Waals surface area (Å²) in [7, 11) is -4.49. The zero-order valence-electron chi connectivity index (χ0n) is 29.6. The number of likely N-dealkylation sites (tertiary alicyclic amines) is 2. The molecule has 2 N–H and O–H groups in total. The van der Waals surface area contributed by atoms with Crippen molar-refractivity contribution in [3.05, 3.63) is 72.6 Å². The molecule has 0 bridgehead atoms. The second-order valence-corrected chi connectivity index (χ2v) is 15.8. The maximum absolute atomic E-state index is 12.9. The van der Waals surface area contributed by atoms with Gasteiger partial charge in [0.05, 0.1) is 35.9 Å². The van der Waals surface area contributed by atoms with Gasteiger partial charge in [-0.15, -0.1) is 8.42 Å². The van der Waals surface area contributed by atoms with Crippen molar-refractivity contribution in [2.45, 2.75) is 90.5 Å². The molecular weight excluding hydrogens is 676 g/mol. The first-order chi connectivity index (χ1) is 24.0. The lowest BCUT2D eigenvalue weighted by atomic mass is 10.1. The minimum atomic E-state index is -4.49. The summed E-state index contributed by atoms with van der Waals surface area (Å²) >= 11 is 0. The average molecular weight is 721 g/mol. The predicted octanol–water partition coefficient (Wildman–Crippen LogP) is 7.31. The Kier molecular flexibility index (Phi) is 9.77. The molecule has 0 spiro atoms. The molecule has 2 saturated heterocycles. The van der Waals surface area contributed by atoms with Gasteiger partial charge in [0.2, 0.25) is 0 Å². The number of amides is 2. The molecule has 15 heteroatoms. The van der Waals surface area contributed by atoms with Crippen LogP contribution in [0.3, 0.4) is 0 Å². The van der Waals surface area contributed by atoms with Gasteiger partial charge >= 0.3 is 22.6 Å². The number of aromatic nitrogens is 4. The lowest BCUT2D eigenvalue weighted by Crippen LogP contribution is -2.36. The molecule has 272 valence electrons. The Hall–Kier alpha value is -5.05. The number of hydrogen-bond donors (Lipinski definition) is 2. The fraction of sp³-hybridized carbons (Fsp3) is 0.444. The topological polar surface area (TPSA) is 169 Å². The SMILES string of the molecule is CC(C)(C)OC(=O)N1CCC[C@H]1c1ncc(-c2ccc(OS(=O)(=O)Oc3cccc(-c4cnc([C@@H]5CCCN5C(=O)OC(C)(C)C)[nH]4)c3)cc2)[nH]1. The summed E-state index contributed by atoms with van der Waals surface area (Å²) in [5.74, 6) is 1.38. The molecule has 2 aromatic carbocycles. The van der Waals surface area contributed by atoms with E-state index in [1.807, 2.05) is 41.5 Å². The zero-order chi connectivity index (χ0) is 36.6. The number of hydrogen-bond acceptors (Lipinski definition) is 10. The number of nitrogens with zero attached hydrogens (tertiary/aromatic N) is 4. The number of carbonyl (C=O) groups excluding carboxylic acids is 2. The van der Waals surface area contributed by atoms with E-state index in [0.29, 0.717) is 41.7 Å². The fourth-order valence-corrected chi connectivity index (χ4v) is 6.86. The maximum atomic E-state index is 12.9. The Morgan fingerprint density at radius 2 is 1.20 bits per heavy atom. The van der Waals surface area contributed by atoms with Crippen LogP contribution >= 0.6 is 0 Å². The molecule has 0 unspecified atom stereocenters. The first kappa shape index (κ1) is 35.8. The van der Waals surface area contributed by atoms with Crippen LogP contribution in [0.2, 0.25) is 0 Å². The summed E-state index contributed by atoms with van der Waals surface area (Å²) < 4.78 is 47.5. The lowest BCUT2D eigenvalue weighted by molar-refractivity contribution is 0.0208. The molecule has 4 aromatic rings. The Labute approximate surface area is 297 Å². The van der Waals surface area contributed by atoms with Crippen LogP contribution in [-0.2, 0) is 19.9 Å². The third-order valence-electron chi connectivity index (χ3n) is 8.29. The highest BCUT2D eigenvalue weighted by Crippen LogP contribution is 2.35. The highest BCUT2D eigenvalue weighted by atomic mass is 32.3. The Balaban J connectivity index is 1.08. The molecule has 2 atom stereocenters. The molecule has 2 aliphatic rings. The standard InChI is InChI=1S/C36H44N6O8S/c1-35(2,3)47-33(43)41-18-8-12-29(41)31-37-21-27(39-31)23-14-16-25(17-15-23)49-51(45,46)50-26-11-7-10-24(20-26)28-22-38-32(40-28)30-13-9-19-42(30)34(44)48-36(4,5)6/h7,10-11,14-17,20-22,29-30H,8-9,12-13,18-19H2,1-6H3,(H,37,39)(H,38,40)/t29-,30-/m0/s1. The smallest absolute Gasteiger partial charge is 0.444 e. The second-order valence-electron chi connectivity index (χ2n) is 14.7. The molecule has 2 aromatic heterocycles. The monoisotopic (exact) mass is 720 g/mol. The summed E-state index contributed by atoms with van der Waals surface area (Å²) in [5.41, 5.74) is 1.52. The molecular formula is C36H44N6O8S. The van der Waals surface area contributed by atoms with Crippen LogP contribution in [0.4, 0.5) is 9.59 Å². The van der Waals surface area contributed by atoms with Gasteiger partial charge in [-0.2, -0.15) is 0 Å². The average Bonchev–Trinajstić information content (AvgIpc) is 3.86. The van der Waals surface area contributed by atoms with E-state index in [1.165, 1.54) is 18.2 Å². The first-order valence-corrected chi connectivity index (χ1v) is 18.3. The van der Waals surface area contributed by atoms with Gasteiger partial charge in [-0.05, 0) is 109 Å².